The number of carboxylic acids is 1. The van der Waals surface area contributed by atoms with Gasteiger partial charge in [-0.05, 0) is 28.4 Å². The van der Waals surface area contributed by atoms with Crippen molar-refractivity contribution in [1.29, 1.82) is 0 Å². The van der Waals surface area contributed by atoms with Crippen LogP contribution in [0.5, 0.6) is 0 Å². The standard InChI is InChI=1S/C12H17BrN2O3/c1-3-4-15-7-9(13)5-10(15)11(16)14-6-8(2)12(17)18/h5,7-8H,3-4,6H2,1-2H3,(H,14,16)(H,17,18). The highest BCUT2D eigenvalue weighted by Crippen LogP contribution is 2.15. The Morgan fingerprint density at radius 1 is 1.56 bits per heavy atom. The zero-order valence-corrected chi connectivity index (χ0v) is 12.0. The van der Waals surface area contributed by atoms with Crippen LogP contribution in [-0.2, 0) is 11.3 Å². The van der Waals surface area contributed by atoms with E-state index in [4.69, 9.17) is 5.11 Å². The number of aromatic nitrogens is 1. The summed E-state index contributed by atoms with van der Waals surface area (Å²) < 4.78 is 2.69. The van der Waals surface area contributed by atoms with Gasteiger partial charge in [-0.25, -0.2) is 0 Å². The molecule has 5 nitrogen and oxygen atoms in total. The van der Waals surface area contributed by atoms with Gasteiger partial charge >= 0.3 is 5.97 Å². The molecule has 1 atom stereocenters. The van der Waals surface area contributed by atoms with E-state index >= 15 is 0 Å². The number of carbonyl (C=O) groups excluding carboxylic acids is 1. The first-order valence-electron chi connectivity index (χ1n) is 5.82. The molecule has 6 heteroatoms. The Bertz CT molecular complexity index is 443. The molecule has 1 unspecified atom stereocenters. The van der Waals surface area contributed by atoms with Gasteiger partial charge in [0.15, 0.2) is 0 Å². The van der Waals surface area contributed by atoms with Crippen LogP contribution < -0.4 is 5.32 Å². The summed E-state index contributed by atoms with van der Waals surface area (Å²) in [5.41, 5.74) is 0.543. The van der Waals surface area contributed by atoms with Crippen LogP contribution in [0.15, 0.2) is 16.7 Å². The minimum Gasteiger partial charge on any atom is -0.481 e. The van der Waals surface area contributed by atoms with E-state index in [0.29, 0.717) is 5.69 Å². The Balaban J connectivity index is 2.69. The van der Waals surface area contributed by atoms with Crippen LogP contribution in [0.1, 0.15) is 30.8 Å². The van der Waals surface area contributed by atoms with Crippen LogP contribution in [-0.4, -0.2) is 28.1 Å². The lowest BCUT2D eigenvalue weighted by atomic mass is 10.2. The van der Waals surface area contributed by atoms with E-state index in [-0.39, 0.29) is 12.5 Å². The van der Waals surface area contributed by atoms with Gasteiger partial charge in [0.1, 0.15) is 5.69 Å². The van der Waals surface area contributed by atoms with E-state index in [1.54, 1.807) is 13.0 Å². The van der Waals surface area contributed by atoms with Crippen LogP contribution >= 0.6 is 15.9 Å². The fraction of sp³-hybridized carbons (Fsp3) is 0.500. The maximum atomic E-state index is 11.9. The van der Waals surface area contributed by atoms with Gasteiger partial charge in [-0.3, -0.25) is 9.59 Å². The molecule has 1 aromatic rings. The number of hydrogen-bond donors (Lipinski definition) is 2. The number of rotatable bonds is 6. The van der Waals surface area contributed by atoms with E-state index < -0.39 is 11.9 Å². The quantitative estimate of drug-likeness (QED) is 0.844. The number of carboxylic acid groups (broad SMARTS) is 1. The molecule has 1 aromatic heterocycles. The van der Waals surface area contributed by atoms with E-state index in [2.05, 4.69) is 21.2 Å². The molecule has 100 valence electrons. The average Bonchev–Trinajstić information content (AvgIpc) is 2.67. The van der Waals surface area contributed by atoms with Crippen molar-refractivity contribution in [2.24, 2.45) is 5.92 Å². The number of halogens is 1. The molecule has 0 saturated heterocycles. The van der Waals surface area contributed by atoms with Crippen molar-refractivity contribution in [3.05, 3.63) is 22.4 Å². The molecule has 0 spiro atoms. The molecule has 0 aliphatic heterocycles. The molecule has 1 heterocycles. The summed E-state index contributed by atoms with van der Waals surface area (Å²) in [7, 11) is 0. The van der Waals surface area contributed by atoms with Gasteiger partial charge in [0, 0.05) is 23.8 Å². The summed E-state index contributed by atoms with van der Waals surface area (Å²) in [5.74, 6) is -1.75. The first-order valence-corrected chi connectivity index (χ1v) is 6.61. The number of nitrogens with one attached hydrogen (secondary N) is 1. The predicted octanol–water partition coefficient (Wildman–Crippen LogP) is 2.11. The largest absolute Gasteiger partial charge is 0.481 e. The average molecular weight is 317 g/mol. The third-order valence-corrected chi connectivity index (χ3v) is 2.98. The van der Waals surface area contributed by atoms with E-state index in [1.807, 2.05) is 17.7 Å². The molecule has 0 fully saturated rings. The van der Waals surface area contributed by atoms with Crippen molar-refractivity contribution in [3.8, 4) is 0 Å². The minimum atomic E-state index is -0.916. The first-order chi connectivity index (χ1) is 8.45. The number of carbonyl (C=O) groups is 2. The molecule has 0 radical (unpaired) electrons. The molecule has 0 aromatic carbocycles. The van der Waals surface area contributed by atoms with Crippen LogP contribution in [0.2, 0.25) is 0 Å². The van der Waals surface area contributed by atoms with Gasteiger partial charge in [0.25, 0.3) is 5.91 Å². The molecule has 0 aliphatic rings. The van der Waals surface area contributed by atoms with Crippen LogP contribution in [0.3, 0.4) is 0 Å². The van der Waals surface area contributed by atoms with Crippen molar-refractivity contribution in [1.82, 2.24) is 9.88 Å². The monoisotopic (exact) mass is 316 g/mol. The Labute approximate surface area is 114 Å². The lowest BCUT2D eigenvalue weighted by Crippen LogP contribution is -2.32. The zero-order valence-electron chi connectivity index (χ0n) is 10.4. The second-order valence-electron chi connectivity index (χ2n) is 4.19. The second-order valence-corrected chi connectivity index (χ2v) is 5.10. The van der Waals surface area contributed by atoms with Crippen molar-refractivity contribution < 1.29 is 14.7 Å². The topological polar surface area (TPSA) is 71.3 Å². The Morgan fingerprint density at radius 2 is 2.22 bits per heavy atom. The molecular formula is C12H17BrN2O3. The number of amides is 1. The molecule has 2 N–H and O–H groups in total. The summed E-state index contributed by atoms with van der Waals surface area (Å²) in [6, 6.07) is 1.73. The molecule has 1 amide bonds. The van der Waals surface area contributed by atoms with Gasteiger partial charge in [-0.1, -0.05) is 13.8 Å². The smallest absolute Gasteiger partial charge is 0.308 e. The highest BCUT2D eigenvalue weighted by molar-refractivity contribution is 9.10. The van der Waals surface area contributed by atoms with Crippen LogP contribution in [0, 0.1) is 5.92 Å². The lowest BCUT2D eigenvalue weighted by molar-refractivity contribution is -0.140. The number of aliphatic carboxylic acids is 1. The summed E-state index contributed by atoms with van der Waals surface area (Å²) >= 11 is 3.33. The third-order valence-electron chi connectivity index (χ3n) is 2.55. The van der Waals surface area contributed by atoms with Crippen molar-refractivity contribution in [3.63, 3.8) is 0 Å². The normalized spacial score (nSPS) is 12.2. The Kier molecular flexibility index (Phi) is 5.40. The summed E-state index contributed by atoms with van der Waals surface area (Å²) in [5, 5.41) is 11.4. The minimum absolute atomic E-state index is 0.128. The van der Waals surface area contributed by atoms with Crippen molar-refractivity contribution in [2.45, 2.75) is 26.8 Å². The number of hydrogen-bond acceptors (Lipinski definition) is 2. The summed E-state index contributed by atoms with van der Waals surface area (Å²) in [4.78, 5) is 22.6. The molecule has 0 saturated carbocycles. The van der Waals surface area contributed by atoms with Gasteiger partial charge in [0.2, 0.25) is 0 Å². The third kappa shape index (κ3) is 3.87. The molecule has 0 aliphatic carbocycles. The van der Waals surface area contributed by atoms with Crippen molar-refractivity contribution >= 4 is 27.8 Å². The van der Waals surface area contributed by atoms with E-state index in [0.717, 1.165) is 17.4 Å². The van der Waals surface area contributed by atoms with Gasteiger partial charge in [-0.15, -0.1) is 0 Å². The van der Waals surface area contributed by atoms with E-state index in [9.17, 15) is 9.59 Å². The number of nitrogens with zero attached hydrogens (tertiary/aromatic N) is 1. The van der Waals surface area contributed by atoms with E-state index in [1.165, 1.54) is 0 Å². The highest BCUT2D eigenvalue weighted by atomic mass is 79.9. The van der Waals surface area contributed by atoms with Gasteiger partial charge in [-0.2, -0.15) is 0 Å². The fourth-order valence-electron chi connectivity index (χ4n) is 1.51. The molecular weight excluding hydrogens is 300 g/mol. The second kappa shape index (κ2) is 6.58. The van der Waals surface area contributed by atoms with Crippen LogP contribution in [0.4, 0.5) is 0 Å². The fourth-order valence-corrected chi connectivity index (χ4v) is 1.98. The Morgan fingerprint density at radius 3 is 2.78 bits per heavy atom. The molecule has 1 rings (SSSR count). The van der Waals surface area contributed by atoms with Gasteiger partial charge in [0.05, 0.1) is 5.92 Å². The SMILES string of the molecule is CCCn1cc(Br)cc1C(=O)NCC(C)C(=O)O. The lowest BCUT2D eigenvalue weighted by Gasteiger charge is -2.10. The highest BCUT2D eigenvalue weighted by Gasteiger charge is 2.16. The maximum absolute atomic E-state index is 11.9. The predicted molar refractivity (Wildman–Crippen MR) is 71.6 cm³/mol. The number of aryl methyl sites for hydroxylation is 1. The first kappa shape index (κ1) is 14.8. The summed E-state index contributed by atoms with van der Waals surface area (Å²) in [6.07, 6.45) is 2.77. The molecule has 0 bridgehead atoms. The van der Waals surface area contributed by atoms with Gasteiger partial charge < -0.3 is 15.0 Å². The molecule has 18 heavy (non-hydrogen) atoms. The van der Waals surface area contributed by atoms with Crippen LogP contribution in [0.25, 0.3) is 0 Å². The summed E-state index contributed by atoms with van der Waals surface area (Å²) in [6.45, 7) is 4.47. The Hall–Kier alpha value is -1.30. The zero-order chi connectivity index (χ0) is 13.7. The van der Waals surface area contributed by atoms with Crippen molar-refractivity contribution in [2.75, 3.05) is 6.54 Å². The maximum Gasteiger partial charge on any atom is 0.308 e.